The molecule has 24 heavy (non-hydrogen) atoms. The molecule has 0 radical (unpaired) electrons. The first kappa shape index (κ1) is 22.8. The molecular weight excluding hydrogens is 417 g/mol. The first-order chi connectivity index (χ1) is 11.0. The number of hydrogen-bond acceptors (Lipinski definition) is 3. The number of nitrogens with zero attached hydrogens (tertiary/aromatic N) is 1. The highest BCUT2D eigenvalue weighted by Gasteiger charge is 2.09. The van der Waals surface area contributed by atoms with Crippen LogP contribution in [-0.4, -0.2) is 30.8 Å². The van der Waals surface area contributed by atoms with E-state index in [0.29, 0.717) is 24.3 Å². The van der Waals surface area contributed by atoms with Crippen LogP contribution in [0, 0.1) is 5.92 Å². The molecule has 0 aromatic heterocycles. The van der Waals surface area contributed by atoms with E-state index in [2.05, 4.69) is 36.4 Å². The molecule has 1 aromatic carbocycles. The monoisotopic (exact) mass is 449 g/mol. The van der Waals surface area contributed by atoms with Gasteiger partial charge in [-0.2, -0.15) is 0 Å². The predicted molar refractivity (Wildman–Crippen MR) is 112 cm³/mol. The molecule has 0 aliphatic carbocycles. The summed E-state index contributed by atoms with van der Waals surface area (Å²) in [6.07, 6.45) is 2.29. The third-order valence-electron chi connectivity index (χ3n) is 3.61. The summed E-state index contributed by atoms with van der Waals surface area (Å²) < 4.78 is 5.13. The van der Waals surface area contributed by atoms with Gasteiger partial charge < -0.3 is 20.5 Å². The first-order valence-electron chi connectivity index (χ1n) is 8.37. The Morgan fingerprint density at radius 3 is 2.54 bits per heavy atom. The topological polar surface area (TPSA) is 65.9 Å². The van der Waals surface area contributed by atoms with Gasteiger partial charge in [-0.05, 0) is 38.7 Å². The van der Waals surface area contributed by atoms with Crippen LogP contribution in [0.5, 0.6) is 11.5 Å². The second-order valence-corrected chi connectivity index (χ2v) is 6.18. The van der Waals surface area contributed by atoms with Gasteiger partial charge in [0, 0.05) is 18.2 Å². The van der Waals surface area contributed by atoms with Gasteiger partial charge in [0.1, 0.15) is 0 Å². The zero-order valence-corrected chi connectivity index (χ0v) is 17.8. The molecule has 138 valence electrons. The van der Waals surface area contributed by atoms with Crippen LogP contribution in [0.3, 0.4) is 0 Å². The zero-order chi connectivity index (χ0) is 17.2. The van der Waals surface area contributed by atoms with Crippen molar-refractivity contribution in [1.82, 2.24) is 10.6 Å². The molecule has 1 aromatic rings. The second kappa shape index (κ2) is 12.2. The minimum atomic E-state index is 0. The van der Waals surface area contributed by atoms with Gasteiger partial charge in [-0.3, -0.25) is 0 Å². The van der Waals surface area contributed by atoms with Crippen molar-refractivity contribution in [3.05, 3.63) is 23.8 Å². The quantitative estimate of drug-likeness (QED) is 0.320. The lowest BCUT2D eigenvalue weighted by Crippen LogP contribution is -2.42. The number of halogens is 1. The number of methoxy groups -OCH3 is 1. The van der Waals surface area contributed by atoms with Gasteiger partial charge in [0.2, 0.25) is 0 Å². The number of ether oxygens (including phenoxy) is 1. The van der Waals surface area contributed by atoms with E-state index in [1.165, 1.54) is 6.42 Å². The van der Waals surface area contributed by atoms with E-state index < -0.39 is 0 Å². The van der Waals surface area contributed by atoms with Crippen LogP contribution >= 0.6 is 24.0 Å². The highest BCUT2D eigenvalue weighted by atomic mass is 127. The summed E-state index contributed by atoms with van der Waals surface area (Å²) in [4.78, 5) is 4.57. The van der Waals surface area contributed by atoms with E-state index >= 15 is 0 Å². The molecule has 0 saturated carbocycles. The van der Waals surface area contributed by atoms with Crippen molar-refractivity contribution in [3.63, 3.8) is 0 Å². The molecule has 5 nitrogen and oxygen atoms in total. The minimum absolute atomic E-state index is 0. The molecule has 0 aliphatic heterocycles. The largest absolute Gasteiger partial charge is 0.504 e. The summed E-state index contributed by atoms with van der Waals surface area (Å²) in [6.45, 7) is 9.87. The number of aliphatic imine (C=N–C) groups is 1. The third kappa shape index (κ3) is 8.08. The normalized spacial score (nSPS) is 12.5. The minimum Gasteiger partial charge on any atom is -0.504 e. The van der Waals surface area contributed by atoms with E-state index in [1.54, 1.807) is 13.2 Å². The number of guanidine groups is 1. The van der Waals surface area contributed by atoms with Gasteiger partial charge in [-0.1, -0.05) is 26.0 Å². The molecule has 1 rings (SSSR count). The summed E-state index contributed by atoms with van der Waals surface area (Å²) in [6, 6.07) is 5.80. The molecule has 1 atom stereocenters. The molecule has 0 saturated heterocycles. The van der Waals surface area contributed by atoms with Crippen LogP contribution in [0.4, 0.5) is 0 Å². The highest BCUT2D eigenvalue weighted by molar-refractivity contribution is 14.0. The molecule has 0 heterocycles. The number of phenolic OH excluding ortho intramolecular Hbond substituents is 1. The molecule has 0 amide bonds. The Balaban J connectivity index is 0.00000529. The van der Waals surface area contributed by atoms with Crippen molar-refractivity contribution in [2.45, 2.75) is 53.1 Å². The fraction of sp³-hybridized carbons (Fsp3) is 0.611. The smallest absolute Gasteiger partial charge is 0.191 e. The summed E-state index contributed by atoms with van der Waals surface area (Å²) in [7, 11) is 1.55. The molecule has 3 N–H and O–H groups in total. The highest BCUT2D eigenvalue weighted by Crippen LogP contribution is 2.29. The van der Waals surface area contributed by atoms with Gasteiger partial charge >= 0.3 is 0 Å². The zero-order valence-electron chi connectivity index (χ0n) is 15.4. The predicted octanol–water partition coefficient (Wildman–Crippen LogP) is 3.90. The third-order valence-corrected chi connectivity index (χ3v) is 3.61. The van der Waals surface area contributed by atoms with Gasteiger partial charge in [-0.25, -0.2) is 4.99 Å². The summed E-state index contributed by atoms with van der Waals surface area (Å²) in [5, 5.41) is 16.8. The Hall–Kier alpha value is -1.18. The average molecular weight is 449 g/mol. The number of nitrogens with one attached hydrogen (secondary N) is 2. The number of hydrogen-bond donors (Lipinski definition) is 3. The van der Waals surface area contributed by atoms with Gasteiger partial charge in [0.15, 0.2) is 17.5 Å². The maximum absolute atomic E-state index is 10.1. The maximum atomic E-state index is 10.1. The van der Waals surface area contributed by atoms with Crippen LogP contribution in [0.15, 0.2) is 23.2 Å². The van der Waals surface area contributed by atoms with Crippen molar-refractivity contribution in [2.75, 3.05) is 13.7 Å². The molecule has 6 heteroatoms. The second-order valence-electron chi connectivity index (χ2n) is 6.18. The van der Waals surface area contributed by atoms with Crippen molar-refractivity contribution < 1.29 is 9.84 Å². The van der Waals surface area contributed by atoms with Crippen molar-refractivity contribution in [2.24, 2.45) is 10.9 Å². The molecule has 0 spiro atoms. The lowest BCUT2D eigenvalue weighted by Gasteiger charge is -2.18. The molecular formula is C18H32IN3O2. The first-order valence-corrected chi connectivity index (χ1v) is 8.37. The average Bonchev–Trinajstić information content (AvgIpc) is 2.52. The number of phenols is 1. The standard InChI is InChI=1S/C18H31N3O2.HI/c1-6-19-18(21-14(4)11-10-13(2)3)20-12-15-8-7-9-16(23-5)17(15)22;/h7-9,13-14,22H,6,10-12H2,1-5H3,(H2,19,20,21);1H. The SMILES string of the molecule is CCNC(=NCc1cccc(OC)c1O)NC(C)CCC(C)C.I. The molecule has 0 fully saturated rings. The molecule has 0 bridgehead atoms. The number of rotatable bonds is 8. The maximum Gasteiger partial charge on any atom is 0.191 e. The Morgan fingerprint density at radius 2 is 1.96 bits per heavy atom. The van der Waals surface area contributed by atoms with Crippen LogP contribution < -0.4 is 15.4 Å². The lowest BCUT2D eigenvalue weighted by molar-refractivity contribution is 0.370. The van der Waals surface area contributed by atoms with Crippen LogP contribution in [0.1, 0.15) is 46.1 Å². The number of benzene rings is 1. The fourth-order valence-corrected chi connectivity index (χ4v) is 2.23. The van der Waals surface area contributed by atoms with Gasteiger partial charge in [-0.15, -0.1) is 24.0 Å². The Bertz CT molecular complexity index is 507. The van der Waals surface area contributed by atoms with Gasteiger partial charge in [0.25, 0.3) is 0 Å². The van der Waals surface area contributed by atoms with E-state index in [-0.39, 0.29) is 29.7 Å². The molecule has 1 unspecified atom stereocenters. The number of para-hydroxylation sites is 1. The lowest BCUT2D eigenvalue weighted by atomic mass is 10.0. The van der Waals surface area contributed by atoms with Crippen molar-refractivity contribution >= 4 is 29.9 Å². The van der Waals surface area contributed by atoms with E-state index in [9.17, 15) is 5.11 Å². The Kier molecular flexibility index (Phi) is 11.6. The Labute approximate surface area is 163 Å². The van der Waals surface area contributed by atoms with Crippen molar-refractivity contribution in [1.29, 1.82) is 0 Å². The van der Waals surface area contributed by atoms with E-state index in [1.807, 2.05) is 19.1 Å². The van der Waals surface area contributed by atoms with E-state index in [0.717, 1.165) is 24.5 Å². The van der Waals surface area contributed by atoms with Crippen LogP contribution in [-0.2, 0) is 6.54 Å². The van der Waals surface area contributed by atoms with Crippen LogP contribution in [0.2, 0.25) is 0 Å². The Morgan fingerprint density at radius 1 is 1.25 bits per heavy atom. The van der Waals surface area contributed by atoms with E-state index in [4.69, 9.17) is 4.74 Å². The van der Waals surface area contributed by atoms with Crippen LogP contribution in [0.25, 0.3) is 0 Å². The summed E-state index contributed by atoms with van der Waals surface area (Å²) in [5.41, 5.74) is 0.747. The number of aromatic hydroxyl groups is 1. The fourth-order valence-electron chi connectivity index (χ4n) is 2.23. The van der Waals surface area contributed by atoms with Crippen molar-refractivity contribution in [3.8, 4) is 11.5 Å². The summed E-state index contributed by atoms with van der Waals surface area (Å²) >= 11 is 0. The van der Waals surface area contributed by atoms with Gasteiger partial charge in [0.05, 0.1) is 13.7 Å². The summed E-state index contributed by atoms with van der Waals surface area (Å²) in [5.74, 6) is 2.10. The molecule has 0 aliphatic rings.